The van der Waals surface area contributed by atoms with Crippen LogP contribution in [-0.4, -0.2) is 0 Å². The highest BCUT2D eigenvalue weighted by molar-refractivity contribution is 7.12. The van der Waals surface area contributed by atoms with E-state index < -0.39 is 0 Å². The predicted molar refractivity (Wildman–Crippen MR) is 86.5 cm³/mol. The molecule has 0 aliphatic heterocycles. The van der Waals surface area contributed by atoms with Crippen molar-refractivity contribution < 1.29 is 0 Å². The van der Waals surface area contributed by atoms with Gasteiger partial charge in [-0.25, -0.2) is 0 Å². The minimum absolute atomic E-state index is 0.226. The Balaban J connectivity index is 2.06. The lowest BCUT2D eigenvalue weighted by Gasteiger charge is -2.15. The van der Waals surface area contributed by atoms with Gasteiger partial charge < -0.3 is 5.32 Å². The molecule has 2 aromatic rings. The van der Waals surface area contributed by atoms with Crippen LogP contribution in [-0.2, 0) is 12.0 Å². The highest BCUT2D eigenvalue weighted by Crippen LogP contribution is 2.30. The maximum absolute atomic E-state index is 6.18. The SMILES string of the molecule is Cc1ccc(Cl)c(NCc2ccc(C(C)(C)C)s2)c1. The summed E-state index contributed by atoms with van der Waals surface area (Å²) < 4.78 is 0. The summed E-state index contributed by atoms with van der Waals surface area (Å²) in [6.07, 6.45) is 0. The quantitative estimate of drug-likeness (QED) is 0.774. The first kappa shape index (κ1) is 14.4. The number of anilines is 1. The lowest BCUT2D eigenvalue weighted by Crippen LogP contribution is -2.07. The Morgan fingerprint density at radius 1 is 1.16 bits per heavy atom. The summed E-state index contributed by atoms with van der Waals surface area (Å²) in [6, 6.07) is 10.5. The molecular weight excluding hydrogens is 274 g/mol. The van der Waals surface area contributed by atoms with E-state index in [1.165, 1.54) is 15.3 Å². The molecule has 1 aromatic heterocycles. The predicted octanol–water partition coefficient (Wildman–Crippen LogP) is 5.62. The molecule has 102 valence electrons. The maximum Gasteiger partial charge on any atom is 0.0637 e. The van der Waals surface area contributed by atoms with Crippen LogP contribution in [0.15, 0.2) is 30.3 Å². The van der Waals surface area contributed by atoms with Gasteiger partial charge in [0.2, 0.25) is 0 Å². The number of thiophene rings is 1. The smallest absolute Gasteiger partial charge is 0.0637 e. The molecule has 1 N–H and O–H groups in total. The lowest BCUT2D eigenvalue weighted by molar-refractivity contribution is 0.604. The van der Waals surface area contributed by atoms with Gasteiger partial charge in [-0.05, 0) is 42.2 Å². The van der Waals surface area contributed by atoms with E-state index in [0.29, 0.717) is 0 Å². The van der Waals surface area contributed by atoms with E-state index >= 15 is 0 Å². The molecule has 0 bridgehead atoms. The molecule has 1 heterocycles. The van der Waals surface area contributed by atoms with Gasteiger partial charge >= 0.3 is 0 Å². The molecule has 0 spiro atoms. The van der Waals surface area contributed by atoms with E-state index in [9.17, 15) is 0 Å². The second-order valence-corrected chi connectivity index (χ2v) is 7.43. The molecule has 0 aliphatic rings. The van der Waals surface area contributed by atoms with Crippen molar-refractivity contribution in [2.24, 2.45) is 0 Å². The van der Waals surface area contributed by atoms with Crippen molar-refractivity contribution in [1.29, 1.82) is 0 Å². The van der Waals surface area contributed by atoms with Gasteiger partial charge in [-0.1, -0.05) is 38.4 Å². The van der Waals surface area contributed by atoms with Crippen LogP contribution in [0, 0.1) is 6.92 Å². The molecule has 0 fully saturated rings. The second-order valence-electron chi connectivity index (χ2n) is 5.85. The maximum atomic E-state index is 6.18. The Morgan fingerprint density at radius 3 is 2.53 bits per heavy atom. The van der Waals surface area contributed by atoms with Crippen molar-refractivity contribution in [2.75, 3.05) is 5.32 Å². The number of benzene rings is 1. The number of halogens is 1. The summed E-state index contributed by atoms with van der Waals surface area (Å²) >= 11 is 8.04. The number of aryl methyl sites for hydroxylation is 1. The minimum atomic E-state index is 0.226. The monoisotopic (exact) mass is 293 g/mol. The highest BCUT2D eigenvalue weighted by atomic mass is 35.5. The summed E-state index contributed by atoms with van der Waals surface area (Å²) in [4.78, 5) is 2.75. The molecule has 1 nitrogen and oxygen atoms in total. The first-order valence-corrected chi connectivity index (χ1v) is 7.65. The summed E-state index contributed by atoms with van der Waals surface area (Å²) in [5.74, 6) is 0. The van der Waals surface area contributed by atoms with E-state index in [1.54, 1.807) is 0 Å². The van der Waals surface area contributed by atoms with Crippen molar-refractivity contribution >= 4 is 28.6 Å². The Bertz CT molecular complexity index is 566. The molecule has 0 saturated heterocycles. The zero-order valence-electron chi connectivity index (χ0n) is 11.9. The Hall–Kier alpha value is -0.990. The van der Waals surface area contributed by atoms with Crippen LogP contribution >= 0.6 is 22.9 Å². The Labute approximate surface area is 124 Å². The van der Waals surface area contributed by atoms with Crippen molar-refractivity contribution in [2.45, 2.75) is 39.7 Å². The van der Waals surface area contributed by atoms with Gasteiger partial charge in [0.05, 0.1) is 10.7 Å². The molecular formula is C16H20ClNS. The fraction of sp³-hybridized carbons (Fsp3) is 0.375. The summed E-state index contributed by atoms with van der Waals surface area (Å²) in [7, 11) is 0. The topological polar surface area (TPSA) is 12.0 Å². The molecule has 3 heteroatoms. The summed E-state index contributed by atoms with van der Waals surface area (Å²) in [5.41, 5.74) is 2.45. The van der Waals surface area contributed by atoms with Gasteiger partial charge in [0, 0.05) is 16.3 Å². The van der Waals surface area contributed by atoms with Crippen LogP contribution in [0.1, 0.15) is 36.1 Å². The van der Waals surface area contributed by atoms with Crippen LogP contribution in [0.3, 0.4) is 0 Å². The average molecular weight is 294 g/mol. The third-order valence-electron chi connectivity index (χ3n) is 2.98. The van der Waals surface area contributed by atoms with Crippen LogP contribution in [0.5, 0.6) is 0 Å². The molecule has 1 aromatic carbocycles. The summed E-state index contributed by atoms with van der Waals surface area (Å²) in [6.45, 7) is 9.63. The first-order valence-electron chi connectivity index (χ1n) is 6.45. The molecule has 0 saturated carbocycles. The zero-order valence-corrected chi connectivity index (χ0v) is 13.5. The number of hydrogen-bond acceptors (Lipinski definition) is 2. The zero-order chi connectivity index (χ0) is 14.0. The molecule has 0 radical (unpaired) electrons. The van der Waals surface area contributed by atoms with Crippen molar-refractivity contribution in [3.63, 3.8) is 0 Å². The largest absolute Gasteiger partial charge is 0.379 e. The Kier molecular flexibility index (Phi) is 4.22. The average Bonchev–Trinajstić information content (AvgIpc) is 2.79. The number of hydrogen-bond donors (Lipinski definition) is 1. The van der Waals surface area contributed by atoms with Gasteiger partial charge in [-0.3, -0.25) is 0 Å². The molecule has 0 aliphatic carbocycles. The molecule has 2 rings (SSSR count). The molecule has 19 heavy (non-hydrogen) atoms. The normalized spacial score (nSPS) is 11.6. The standard InChI is InChI=1S/C16H20ClNS/c1-11-5-7-13(17)14(9-11)18-10-12-6-8-15(19-12)16(2,3)4/h5-9,18H,10H2,1-4H3. The van der Waals surface area contributed by atoms with Gasteiger partial charge in [0.15, 0.2) is 0 Å². The van der Waals surface area contributed by atoms with Crippen LogP contribution < -0.4 is 5.32 Å². The fourth-order valence-electron chi connectivity index (χ4n) is 1.83. The summed E-state index contributed by atoms with van der Waals surface area (Å²) in [5, 5.41) is 4.19. The van der Waals surface area contributed by atoms with Crippen molar-refractivity contribution in [3.05, 3.63) is 50.7 Å². The third-order valence-corrected chi connectivity index (χ3v) is 4.82. The van der Waals surface area contributed by atoms with E-state index in [0.717, 1.165) is 17.3 Å². The third kappa shape index (κ3) is 3.74. The molecule has 0 amide bonds. The van der Waals surface area contributed by atoms with Crippen LogP contribution in [0.4, 0.5) is 5.69 Å². The molecule has 0 unspecified atom stereocenters. The van der Waals surface area contributed by atoms with E-state index in [2.05, 4.69) is 51.2 Å². The first-order chi connectivity index (χ1) is 8.86. The van der Waals surface area contributed by atoms with E-state index in [1.807, 2.05) is 23.5 Å². The second kappa shape index (κ2) is 5.56. The van der Waals surface area contributed by atoms with Gasteiger partial charge in [0.1, 0.15) is 0 Å². The van der Waals surface area contributed by atoms with Gasteiger partial charge in [-0.15, -0.1) is 11.3 Å². The van der Waals surface area contributed by atoms with Crippen molar-refractivity contribution in [1.82, 2.24) is 0 Å². The fourth-order valence-corrected chi connectivity index (χ4v) is 3.02. The van der Waals surface area contributed by atoms with Crippen LogP contribution in [0.2, 0.25) is 5.02 Å². The minimum Gasteiger partial charge on any atom is -0.379 e. The number of rotatable bonds is 3. The highest BCUT2D eigenvalue weighted by Gasteiger charge is 2.15. The van der Waals surface area contributed by atoms with Gasteiger partial charge in [0.25, 0.3) is 0 Å². The molecule has 0 atom stereocenters. The van der Waals surface area contributed by atoms with Gasteiger partial charge in [-0.2, -0.15) is 0 Å². The van der Waals surface area contributed by atoms with E-state index in [-0.39, 0.29) is 5.41 Å². The van der Waals surface area contributed by atoms with Crippen molar-refractivity contribution in [3.8, 4) is 0 Å². The van der Waals surface area contributed by atoms with Crippen LogP contribution in [0.25, 0.3) is 0 Å². The number of nitrogens with one attached hydrogen (secondary N) is 1. The van der Waals surface area contributed by atoms with E-state index in [4.69, 9.17) is 11.6 Å². The Morgan fingerprint density at radius 2 is 1.89 bits per heavy atom. The lowest BCUT2D eigenvalue weighted by atomic mass is 9.95.